The molecular weight excluding hydrogens is 243 g/mol. The van der Waals surface area contributed by atoms with E-state index in [0.717, 1.165) is 15.7 Å². The van der Waals surface area contributed by atoms with Gasteiger partial charge in [-0.25, -0.2) is 9.37 Å². The summed E-state index contributed by atoms with van der Waals surface area (Å²) in [5, 5.41) is 1.05. The fraction of sp³-hybridized carbons (Fsp3) is 0.182. The van der Waals surface area contributed by atoms with Crippen LogP contribution < -0.4 is 5.73 Å². The molecule has 2 rings (SSSR count). The highest BCUT2D eigenvalue weighted by Gasteiger charge is 2.03. The zero-order valence-corrected chi connectivity index (χ0v) is 10.4. The van der Waals surface area contributed by atoms with Crippen LogP contribution in [0.1, 0.15) is 9.88 Å². The van der Waals surface area contributed by atoms with Gasteiger partial charge in [0.15, 0.2) is 0 Å². The minimum absolute atomic E-state index is 0.193. The maximum absolute atomic E-state index is 13.2. The molecule has 1 aromatic heterocycles. The first-order chi connectivity index (χ1) is 7.65. The first-order valence-corrected chi connectivity index (χ1v) is 6.54. The molecule has 1 heterocycles. The second-order valence-corrected chi connectivity index (χ2v) is 5.69. The summed E-state index contributed by atoms with van der Waals surface area (Å²) >= 11 is 3.25. The van der Waals surface area contributed by atoms with Crippen LogP contribution in [0.4, 0.5) is 10.1 Å². The number of hydrogen-bond acceptors (Lipinski definition) is 4. The van der Waals surface area contributed by atoms with E-state index in [4.69, 9.17) is 5.73 Å². The van der Waals surface area contributed by atoms with Gasteiger partial charge >= 0.3 is 0 Å². The van der Waals surface area contributed by atoms with Gasteiger partial charge in [-0.05, 0) is 25.1 Å². The van der Waals surface area contributed by atoms with Crippen LogP contribution in [-0.4, -0.2) is 4.98 Å². The molecule has 0 unspecified atom stereocenters. The Kier molecular flexibility index (Phi) is 3.46. The largest absolute Gasteiger partial charge is 0.396 e. The second-order valence-electron chi connectivity index (χ2n) is 3.32. The van der Waals surface area contributed by atoms with Crippen molar-refractivity contribution in [2.75, 3.05) is 5.73 Å². The highest BCUT2D eigenvalue weighted by Crippen LogP contribution is 2.27. The molecule has 0 fully saturated rings. The molecule has 0 amide bonds. The Labute approximate surface area is 102 Å². The molecule has 0 atom stereocenters. The number of thiazole rings is 1. The third kappa shape index (κ3) is 2.74. The smallest absolute Gasteiger partial charge is 0.147 e. The Morgan fingerprint density at radius 3 is 2.94 bits per heavy atom. The highest BCUT2D eigenvalue weighted by molar-refractivity contribution is 7.98. The lowest BCUT2D eigenvalue weighted by Crippen LogP contribution is -1.89. The minimum atomic E-state index is -0.356. The molecule has 0 aliphatic carbocycles. The Morgan fingerprint density at radius 1 is 1.50 bits per heavy atom. The Balaban J connectivity index is 2.02. The summed E-state index contributed by atoms with van der Waals surface area (Å²) in [6, 6.07) is 4.89. The van der Waals surface area contributed by atoms with Crippen molar-refractivity contribution in [3.8, 4) is 0 Å². The molecule has 0 bridgehead atoms. The maximum atomic E-state index is 13.2. The summed E-state index contributed by atoms with van der Waals surface area (Å²) in [5.74, 6) is 0.458. The zero-order chi connectivity index (χ0) is 11.5. The standard InChI is InChI=1S/C11H11FN2S2/c1-7-14-5-9(16-7)6-15-8-2-3-11(13)10(12)4-8/h2-5H,6,13H2,1H3. The van der Waals surface area contributed by atoms with E-state index in [0.29, 0.717) is 0 Å². The monoisotopic (exact) mass is 254 g/mol. The summed E-state index contributed by atoms with van der Waals surface area (Å²) < 4.78 is 13.2. The number of nitrogens with zero attached hydrogens (tertiary/aromatic N) is 1. The number of nitrogen functional groups attached to an aromatic ring is 1. The van der Waals surface area contributed by atoms with Crippen molar-refractivity contribution in [1.29, 1.82) is 0 Å². The fourth-order valence-corrected chi connectivity index (χ4v) is 2.96. The third-order valence-corrected chi connectivity index (χ3v) is 4.16. The first kappa shape index (κ1) is 11.4. The molecule has 0 spiro atoms. The van der Waals surface area contributed by atoms with Crippen molar-refractivity contribution in [3.63, 3.8) is 0 Å². The normalized spacial score (nSPS) is 10.6. The number of nitrogens with two attached hydrogens (primary N) is 1. The van der Waals surface area contributed by atoms with Crippen molar-refractivity contribution in [3.05, 3.63) is 40.1 Å². The van der Waals surface area contributed by atoms with Crippen LogP contribution in [0.2, 0.25) is 0 Å². The van der Waals surface area contributed by atoms with Crippen molar-refractivity contribution in [2.24, 2.45) is 0 Å². The SMILES string of the molecule is Cc1ncc(CSc2ccc(N)c(F)c2)s1. The average molecular weight is 254 g/mol. The predicted molar refractivity (Wildman–Crippen MR) is 67.2 cm³/mol. The van der Waals surface area contributed by atoms with E-state index in [1.165, 1.54) is 10.9 Å². The van der Waals surface area contributed by atoms with Gasteiger partial charge < -0.3 is 5.73 Å². The van der Waals surface area contributed by atoms with Crippen LogP contribution in [0, 0.1) is 12.7 Å². The van der Waals surface area contributed by atoms with Gasteiger partial charge in [0.1, 0.15) is 5.82 Å². The van der Waals surface area contributed by atoms with E-state index in [1.807, 2.05) is 19.2 Å². The molecule has 0 radical (unpaired) electrons. The summed E-state index contributed by atoms with van der Waals surface area (Å²) in [6.07, 6.45) is 1.86. The quantitative estimate of drug-likeness (QED) is 0.673. The number of hydrogen-bond donors (Lipinski definition) is 1. The number of halogens is 1. The first-order valence-electron chi connectivity index (χ1n) is 4.74. The maximum Gasteiger partial charge on any atom is 0.147 e. The highest BCUT2D eigenvalue weighted by atomic mass is 32.2. The van der Waals surface area contributed by atoms with E-state index in [1.54, 1.807) is 29.2 Å². The number of aromatic nitrogens is 1. The van der Waals surface area contributed by atoms with E-state index >= 15 is 0 Å². The molecule has 84 valence electrons. The van der Waals surface area contributed by atoms with E-state index in [2.05, 4.69) is 4.98 Å². The Morgan fingerprint density at radius 2 is 2.31 bits per heavy atom. The Bertz CT molecular complexity index is 496. The van der Waals surface area contributed by atoms with Crippen LogP contribution in [0.15, 0.2) is 29.3 Å². The van der Waals surface area contributed by atoms with Gasteiger partial charge in [-0.2, -0.15) is 0 Å². The van der Waals surface area contributed by atoms with E-state index < -0.39 is 0 Å². The predicted octanol–water partition coefficient (Wildman–Crippen LogP) is 3.47. The van der Waals surface area contributed by atoms with Gasteiger partial charge in [0.05, 0.1) is 10.7 Å². The van der Waals surface area contributed by atoms with Gasteiger partial charge in [0.25, 0.3) is 0 Å². The molecule has 16 heavy (non-hydrogen) atoms. The summed E-state index contributed by atoms with van der Waals surface area (Å²) in [6.45, 7) is 1.97. The van der Waals surface area contributed by atoms with Crippen molar-refractivity contribution >= 4 is 28.8 Å². The second kappa shape index (κ2) is 4.84. The van der Waals surface area contributed by atoms with Crippen LogP contribution in [0.5, 0.6) is 0 Å². The van der Waals surface area contributed by atoms with Crippen molar-refractivity contribution in [2.45, 2.75) is 17.6 Å². The molecule has 2 aromatic rings. The molecule has 5 heteroatoms. The molecule has 0 saturated carbocycles. The van der Waals surface area contributed by atoms with Gasteiger partial charge in [-0.15, -0.1) is 23.1 Å². The van der Waals surface area contributed by atoms with E-state index in [9.17, 15) is 4.39 Å². The molecule has 0 saturated heterocycles. The number of benzene rings is 1. The van der Waals surface area contributed by atoms with Gasteiger partial charge in [-0.1, -0.05) is 0 Å². The summed E-state index contributed by atoms with van der Waals surface area (Å²) in [5.41, 5.74) is 5.60. The molecule has 2 nitrogen and oxygen atoms in total. The summed E-state index contributed by atoms with van der Waals surface area (Å²) in [4.78, 5) is 6.25. The van der Waals surface area contributed by atoms with Crippen LogP contribution in [-0.2, 0) is 5.75 Å². The minimum Gasteiger partial charge on any atom is -0.396 e. The Hall–Kier alpha value is -1.07. The van der Waals surface area contributed by atoms with Crippen LogP contribution in [0.3, 0.4) is 0 Å². The van der Waals surface area contributed by atoms with Crippen LogP contribution >= 0.6 is 23.1 Å². The lowest BCUT2D eigenvalue weighted by molar-refractivity contribution is 0.629. The fourth-order valence-electron chi connectivity index (χ4n) is 1.22. The average Bonchev–Trinajstić information content (AvgIpc) is 2.66. The number of rotatable bonds is 3. The summed E-state index contributed by atoms with van der Waals surface area (Å²) in [7, 11) is 0. The van der Waals surface area contributed by atoms with Crippen molar-refractivity contribution < 1.29 is 4.39 Å². The lowest BCUT2D eigenvalue weighted by Gasteiger charge is -2.01. The molecule has 0 aliphatic rings. The van der Waals surface area contributed by atoms with Gasteiger partial charge in [-0.3, -0.25) is 0 Å². The van der Waals surface area contributed by atoms with Crippen molar-refractivity contribution in [1.82, 2.24) is 4.98 Å². The molecule has 0 aliphatic heterocycles. The number of aryl methyl sites for hydroxylation is 1. The third-order valence-electron chi connectivity index (χ3n) is 2.02. The van der Waals surface area contributed by atoms with E-state index in [-0.39, 0.29) is 11.5 Å². The lowest BCUT2D eigenvalue weighted by atomic mass is 10.3. The number of thioether (sulfide) groups is 1. The number of anilines is 1. The van der Waals surface area contributed by atoms with Crippen LogP contribution in [0.25, 0.3) is 0 Å². The van der Waals surface area contributed by atoms with Gasteiger partial charge in [0, 0.05) is 21.7 Å². The molecule has 2 N–H and O–H groups in total. The molecule has 1 aromatic carbocycles. The van der Waals surface area contributed by atoms with Gasteiger partial charge in [0.2, 0.25) is 0 Å². The molecular formula is C11H11FN2S2. The topological polar surface area (TPSA) is 38.9 Å². The zero-order valence-electron chi connectivity index (χ0n) is 8.74.